The van der Waals surface area contributed by atoms with Gasteiger partial charge in [-0.2, -0.15) is 5.10 Å². The van der Waals surface area contributed by atoms with Crippen molar-refractivity contribution < 1.29 is 9.90 Å². The zero-order valence-electron chi connectivity index (χ0n) is 11.1. The number of aromatic nitrogens is 2. The molecule has 0 aliphatic heterocycles. The number of aliphatic carboxylic acids is 1. The van der Waals surface area contributed by atoms with Gasteiger partial charge in [-0.15, -0.1) is 0 Å². The van der Waals surface area contributed by atoms with E-state index in [-0.39, 0.29) is 0 Å². The lowest BCUT2D eigenvalue weighted by Crippen LogP contribution is -2.31. The van der Waals surface area contributed by atoms with Crippen LogP contribution in [-0.2, 0) is 18.3 Å². The fourth-order valence-electron chi connectivity index (χ4n) is 2.96. The molecule has 0 atom stereocenters. The normalized spacial score (nSPS) is 19.4. The third-order valence-electron chi connectivity index (χ3n) is 4.16. The summed E-state index contributed by atoms with van der Waals surface area (Å²) in [7, 11) is 1.89. The molecule has 1 fully saturated rings. The highest BCUT2D eigenvalue weighted by atomic mass is 16.4. The maximum atomic E-state index is 11.6. The number of hydrogen-bond acceptors (Lipinski definition) is 2. The standard InChI is InChI=1S/C14H22N2O2/c1-16-11-12(10-15-16)6-9-14(13(17)18)7-4-2-3-5-8-14/h10-11H,2-9H2,1H3,(H,17,18). The first-order valence-electron chi connectivity index (χ1n) is 6.83. The summed E-state index contributed by atoms with van der Waals surface area (Å²) < 4.78 is 1.77. The van der Waals surface area contributed by atoms with Crippen LogP contribution < -0.4 is 0 Å². The molecule has 2 rings (SSSR count). The van der Waals surface area contributed by atoms with Gasteiger partial charge in [0, 0.05) is 13.2 Å². The summed E-state index contributed by atoms with van der Waals surface area (Å²) in [6.07, 6.45) is 11.5. The number of carboxylic acid groups (broad SMARTS) is 1. The molecule has 1 heterocycles. The lowest BCUT2D eigenvalue weighted by molar-refractivity contribution is -0.150. The second-order valence-electron chi connectivity index (χ2n) is 5.52. The number of carboxylic acids is 1. The minimum atomic E-state index is -0.603. The van der Waals surface area contributed by atoms with Crippen molar-refractivity contribution in [3.8, 4) is 0 Å². The number of carbonyl (C=O) groups is 1. The molecule has 0 aromatic carbocycles. The molecule has 18 heavy (non-hydrogen) atoms. The molecule has 4 heteroatoms. The van der Waals surface area contributed by atoms with E-state index in [4.69, 9.17) is 0 Å². The van der Waals surface area contributed by atoms with E-state index in [9.17, 15) is 9.90 Å². The van der Waals surface area contributed by atoms with E-state index >= 15 is 0 Å². The van der Waals surface area contributed by atoms with Crippen molar-refractivity contribution in [3.05, 3.63) is 18.0 Å². The van der Waals surface area contributed by atoms with Crippen molar-refractivity contribution in [2.24, 2.45) is 12.5 Å². The van der Waals surface area contributed by atoms with Crippen LogP contribution in [0.25, 0.3) is 0 Å². The molecule has 100 valence electrons. The Bertz CT molecular complexity index is 404. The molecule has 1 N–H and O–H groups in total. The Kier molecular flexibility index (Phi) is 4.04. The van der Waals surface area contributed by atoms with Gasteiger partial charge in [0.15, 0.2) is 0 Å². The first-order chi connectivity index (χ1) is 8.62. The Balaban J connectivity index is 2.03. The first kappa shape index (κ1) is 13.1. The van der Waals surface area contributed by atoms with Gasteiger partial charge in [-0.3, -0.25) is 9.48 Å². The molecular formula is C14H22N2O2. The zero-order valence-corrected chi connectivity index (χ0v) is 11.1. The maximum absolute atomic E-state index is 11.6. The monoisotopic (exact) mass is 250 g/mol. The van der Waals surface area contributed by atoms with Crippen molar-refractivity contribution in [3.63, 3.8) is 0 Å². The molecular weight excluding hydrogens is 228 g/mol. The largest absolute Gasteiger partial charge is 0.481 e. The quantitative estimate of drug-likeness (QED) is 0.836. The van der Waals surface area contributed by atoms with Crippen molar-refractivity contribution in [2.75, 3.05) is 0 Å². The van der Waals surface area contributed by atoms with Crippen LogP contribution >= 0.6 is 0 Å². The summed E-state index contributed by atoms with van der Waals surface area (Å²) in [5, 5.41) is 13.7. The minimum Gasteiger partial charge on any atom is -0.481 e. The maximum Gasteiger partial charge on any atom is 0.309 e. The number of aryl methyl sites for hydroxylation is 2. The van der Waals surface area contributed by atoms with E-state index in [1.165, 1.54) is 12.8 Å². The van der Waals surface area contributed by atoms with Gasteiger partial charge in [0.05, 0.1) is 11.6 Å². The number of rotatable bonds is 4. The predicted molar refractivity (Wildman–Crippen MR) is 69.3 cm³/mol. The van der Waals surface area contributed by atoms with E-state index in [1.54, 1.807) is 4.68 Å². The van der Waals surface area contributed by atoms with E-state index in [1.807, 2.05) is 19.4 Å². The second kappa shape index (κ2) is 5.55. The molecule has 1 saturated carbocycles. The lowest BCUT2D eigenvalue weighted by Gasteiger charge is -2.27. The Morgan fingerprint density at radius 2 is 2.06 bits per heavy atom. The van der Waals surface area contributed by atoms with Gasteiger partial charge in [-0.05, 0) is 31.2 Å². The van der Waals surface area contributed by atoms with Crippen LogP contribution in [0.4, 0.5) is 0 Å². The molecule has 1 aliphatic rings. The summed E-state index contributed by atoms with van der Waals surface area (Å²) in [6.45, 7) is 0. The third kappa shape index (κ3) is 2.92. The van der Waals surface area contributed by atoms with Crippen molar-refractivity contribution in [1.29, 1.82) is 0 Å². The summed E-state index contributed by atoms with van der Waals surface area (Å²) in [4.78, 5) is 11.6. The predicted octanol–water partition coefficient (Wildman–Crippen LogP) is 2.78. The van der Waals surface area contributed by atoms with Gasteiger partial charge in [-0.1, -0.05) is 25.7 Å². The minimum absolute atomic E-state index is 0.494. The van der Waals surface area contributed by atoms with E-state index in [2.05, 4.69) is 5.10 Å². The topological polar surface area (TPSA) is 55.1 Å². The molecule has 1 aliphatic carbocycles. The highest BCUT2D eigenvalue weighted by molar-refractivity contribution is 5.74. The van der Waals surface area contributed by atoms with Gasteiger partial charge in [0.25, 0.3) is 0 Å². The Morgan fingerprint density at radius 1 is 1.39 bits per heavy atom. The SMILES string of the molecule is Cn1cc(CCC2(C(=O)O)CCCCCC2)cn1. The van der Waals surface area contributed by atoms with Crippen molar-refractivity contribution in [1.82, 2.24) is 9.78 Å². The van der Waals surface area contributed by atoms with Gasteiger partial charge in [0.1, 0.15) is 0 Å². The highest BCUT2D eigenvalue weighted by Crippen LogP contribution is 2.39. The van der Waals surface area contributed by atoms with E-state index in [0.29, 0.717) is 0 Å². The molecule has 0 bridgehead atoms. The average molecular weight is 250 g/mol. The van der Waals surface area contributed by atoms with E-state index < -0.39 is 11.4 Å². The van der Waals surface area contributed by atoms with Crippen LogP contribution in [0.3, 0.4) is 0 Å². The zero-order chi connectivity index (χ0) is 13.0. The van der Waals surface area contributed by atoms with Gasteiger partial charge < -0.3 is 5.11 Å². The van der Waals surface area contributed by atoms with Crippen LogP contribution in [0.5, 0.6) is 0 Å². The van der Waals surface area contributed by atoms with Crippen LogP contribution in [0, 0.1) is 5.41 Å². The average Bonchev–Trinajstić information content (AvgIpc) is 2.62. The molecule has 0 unspecified atom stereocenters. The van der Waals surface area contributed by atoms with Crippen LogP contribution in [-0.4, -0.2) is 20.9 Å². The van der Waals surface area contributed by atoms with Gasteiger partial charge in [0.2, 0.25) is 0 Å². The Morgan fingerprint density at radius 3 is 2.56 bits per heavy atom. The van der Waals surface area contributed by atoms with Gasteiger partial charge >= 0.3 is 5.97 Å². The van der Waals surface area contributed by atoms with Crippen molar-refractivity contribution in [2.45, 2.75) is 51.4 Å². The van der Waals surface area contributed by atoms with Crippen LogP contribution in [0.2, 0.25) is 0 Å². The summed E-state index contributed by atoms with van der Waals surface area (Å²) in [5.74, 6) is -0.603. The molecule has 0 amide bonds. The molecule has 0 radical (unpaired) electrons. The van der Waals surface area contributed by atoms with Gasteiger partial charge in [-0.25, -0.2) is 0 Å². The fraction of sp³-hybridized carbons (Fsp3) is 0.714. The third-order valence-corrected chi connectivity index (χ3v) is 4.16. The molecule has 1 aromatic rings. The number of nitrogens with zero attached hydrogens (tertiary/aromatic N) is 2. The smallest absolute Gasteiger partial charge is 0.309 e. The number of hydrogen-bond donors (Lipinski definition) is 1. The summed E-state index contributed by atoms with van der Waals surface area (Å²) in [6, 6.07) is 0. The lowest BCUT2D eigenvalue weighted by atomic mass is 9.76. The van der Waals surface area contributed by atoms with Crippen molar-refractivity contribution >= 4 is 5.97 Å². The summed E-state index contributed by atoms with van der Waals surface area (Å²) in [5.41, 5.74) is 0.647. The van der Waals surface area contributed by atoms with Crippen LogP contribution in [0.15, 0.2) is 12.4 Å². The first-order valence-corrected chi connectivity index (χ1v) is 6.83. The molecule has 4 nitrogen and oxygen atoms in total. The molecule has 0 saturated heterocycles. The second-order valence-corrected chi connectivity index (χ2v) is 5.52. The molecule has 0 spiro atoms. The Hall–Kier alpha value is -1.32. The highest BCUT2D eigenvalue weighted by Gasteiger charge is 2.38. The van der Waals surface area contributed by atoms with Crippen LogP contribution in [0.1, 0.15) is 50.5 Å². The fourth-order valence-corrected chi connectivity index (χ4v) is 2.96. The summed E-state index contributed by atoms with van der Waals surface area (Å²) >= 11 is 0. The van der Waals surface area contributed by atoms with E-state index in [0.717, 1.165) is 44.1 Å². The molecule has 1 aromatic heterocycles. The Labute approximate surface area is 108 Å².